The van der Waals surface area contributed by atoms with Crippen LogP contribution in [-0.2, 0) is 4.74 Å². The van der Waals surface area contributed by atoms with Crippen molar-refractivity contribution < 1.29 is 14.6 Å². The van der Waals surface area contributed by atoms with Gasteiger partial charge in [-0.1, -0.05) is 13.3 Å². The molecule has 0 radical (unpaired) electrons. The highest BCUT2D eigenvalue weighted by molar-refractivity contribution is 5.68. The zero-order valence-corrected chi connectivity index (χ0v) is 10.3. The lowest BCUT2D eigenvalue weighted by molar-refractivity contribution is 0.0430. The minimum absolute atomic E-state index is 0.232. The molecule has 0 saturated heterocycles. The van der Waals surface area contributed by atoms with Crippen molar-refractivity contribution in [2.45, 2.75) is 65.2 Å². The summed E-state index contributed by atoms with van der Waals surface area (Å²) in [6.07, 6.45) is 0.627. The van der Waals surface area contributed by atoms with Gasteiger partial charge in [0.2, 0.25) is 0 Å². The first-order valence-electron chi connectivity index (χ1n) is 5.44. The van der Waals surface area contributed by atoms with Crippen LogP contribution in [0.15, 0.2) is 0 Å². The second-order valence-corrected chi connectivity index (χ2v) is 4.78. The third-order valence-corrected chi connectivity index (χ3v) is 1.88. The van der Waals surface area contributed by atoms with Crippen molar-refractivity contribution in [3.63, 3.8) is 0 Å². The number of carbonyl (C=O) groups is 1. The SMILES string of the molecule is CCCC(NC(=O)OC(C)(C)C)[C@@H](C)O. The molecule has 0 aromatic rings. The minimum atomic E-state index is -0.558. The molecule has 0 heterocycles. The maximum Gasteiger partial charge on any atom is 0.407 e. The first-order valence-corrected chi connectivity index (χ1v) is 5.44. The van der Waals surface area contributed by atoms with Gasteiger partial charge in [-0.2, -0.15) is 0 Å². The number of aliphatic hydroxyl groups is 1. The van der Waals surface area contributed by atoms with Crippen LogP contribution >= 0.6 is 0 Å². The number of amides is 1. The number of hydrogen-bond donors (Lipinski definition) is 2. The lowest BCUT2D eigenvalue weighted by atomic mass is 10.1. The first kappa shape index (κ1) is 14.2. The number of carbonyl (C=O) groups excluding carboxylic acids is 1. The summed E-state index contributed by atoms with van der Waals surface area (Å²) in [5.74, 6) is 0. The molecule has 2 atom stereocenters. The molecule has 0 aromatic heterocycles. The minimum Gasteiger partial charge on any atom is -0.444 e. The van der Waals surface area contributed by atoms with E-state index < -0.39 is 17.8 Å². The summed E-state index contributed by atoms with van der Waals surface area (Å²) in [7, 11) is 0. The summed E-state index contributed by atoms with van der Waals surface area (Å²) in [5, 5.41) is 12.1. The molecule has 0 aliphatic carbocycles. The van der Waals surface area contributed by atoms with Gasteiger partial charge in [-0.05, 0) is 34.1 Å². The summed E-state index contributed by atoms with van der Waals surface area (Å²) in [6, 6.07) is -0.232. The van der Waals surface area contributed by atoms with E-state index in [9.17, 15) is 9.90 Å². The molecule has 15 heavy (non-hydrogen) atoms. The summed E-state index contributed by atoms with van der Waals surface area (Å²) < 4.78 is 5.10. The zero-order valence-electron chi connectivity index (χ0n) is 10.3. The predicted octanol–water partition coefficient (Wildman–Crippen LogP) is 2.06. The molecule has 4 nitrogen and oxygen atoms in total. The number of ether oxygens (including phenoxy) is 1. The van der Waals surface area contributed by atoms with Gasteiger partial charge >= 0.3 is 6.09 Å². The number of aliphatic hydroxyl groups excluding tert-OH is 1. The molecule has 0 aliphatic heterocycles. The molecule has 1 amide bonds. The van der Waals surface area contributed by atoms with Crippen LogP contribution in [0.25, 0.3) is 0 Å². The monoisotopic (exact) mass is 217 g/mol. The Kier molecular flexibility index (Phi) is 5.65. The number of alkyl carbamates (subject to hydrolysis) is 1. The normalized spacial score (nSPS) is 15.6. The molecule has 2 N–H and O–H groups in total. The van der Waals surface area contributed by atoms with Crippen molar-refractivity contribution in [2.75, 3.05) is 0 Å². The molecule has 0 rings (SSSR count). The van der Waals surface area contributed by atoms with E-state index in [1.807, 2.05) is 27.7 Å². The van der Waals surface area contributed by atoms with E-state index in [1.165, 1.54) is 0 Å². The molecular weight excluding hydrogens is 194 g/mol. The van der Waals surface area contributed by atoms with Crippen LogP contribution in [0.4, 0.5) is 4.79 Å². The maximum atomic E-state index is 11.4. The first-order chi connectivity index (χ1) is 6.76. The highest BCUT2D eigenvalue weighted by Gasteiger charge is 2.21. The fraction of sp³-hybridized carbons (Fsp3) is 0.909. The van der Waals surface area contributed by atoms with Gasteiger partial charge in [0.25, 0.3) is 0 Å². The Bertz CT molecular complexity index is 196. The van der Waals surface area contributed by atoms with Crippen molar-refractivity contribution in [1.29, 1.82) is 0 Å². The van der Waals surface area contributed by atoms with Crippen LogP contribution in [0.3, 0.4) is 0 Å². The highest BCUT2D eigenvalue weighted by Crippen LogP contribution is 2.08. The average molecular weight is 217 g/mol. The van der Waals surface area contributed by atoms with Gasteiger partial charge in [0.15, 0.2) is 0 Å². The third-order valence-electron chi connectivity index (χ3n) is 1.88. The quantitative estimate of drug-likeness (QED) is 0.757. The number of rotatable bonds is 4. The van der Waals surface area contributed by atoms with Crippen LogP contribution in [0.5, 0.6) is 0 Å². The van der Waals surface area contributed by atoms with Gasteiger partial charge in [0, 0.05) is 0 Å². The lowest BCUT2D eigenvalue weighted by Gasteiger charge is -2.24. The van der Waals surface area contributed by atoms with Gasteiger partial charge in [-0.3, -0.25) is 0 Å². The molecule has 0 aliphatic rings. The Morgan fingerprint density at radius 3 is 2.33 bits per heavy atom. The van der Waals surface area contributed by atoms with E-state index in [4.69, 9.17) is 4.74 Å². The van der Waals surface area contributed by atoms with Crippen molar-refractivity contribution in [3.05, 3.63) is 0 Å². The van der Waals surface area contributed by atoms with Crippen molar-refractivity contribution in [3.8, 4) is 0 Å². The van der Waals surface area contributed by atoms with Gasteiger partial charge in [-0.25, -0.2) is 4.79 Å². The predicted molar refractivity (Wildman–Crippen MR) is 59.7 cm³/mol. The largest absolute Gasteiger partial charge is 0.444 e. The summed E-state index contributed by atoms with van der Waals surface area (Å²) >= 11 is 0. The summed E-state index contributed by atoms with van der Waals surface area (Å²) in [6.45, 7) is 9.10. The Labute approximate surface area is 92.0 Å². The van der Waals surface area contributed by atoms with Crippen LogP contribution < -0.4 is 5.32 Å². The molecule has 0 bridgehead atoms. The Balaban J connectivity index is 4.11. The van der Waals surface area contributed by atoms with Crippen LogP contribution in [0.2, 0.25) is 0 Å². The molecule has 0 fully saturated rings. The second-order valence-electron chi connectivity index (χ2n) is 4.78. The second kappa shape index (κ2) is 5.95. The lowest BCUT2D eigenvalue weighted by Crippen LogP contribution is -2.44. The molecule has 1 unspecified atom stereocenters. The van der Waals surface area contributed by atoms with Crippen molar-refractivity contribution >= 4 is 6.09 Å². The number of hydrogen-bond acceptors (Lipinski definition) is 3. The van der Waals surface area contributed by atoms with Crippen molar-refractivity contribution in [2.24, 2.45) is 0 Å². The van der Waals surface area contributed by atoms with E-state index in [2.05, 4.69) is 5.32 Å². The maximum absolute atomic E-state index is 11.4. The molecule has 4 heteroatoms. The molecule has 0 spiro atoms. The summed E-state index contributed by atoms with van der Waals surface area (Å²) in [5.41, 5.74) is -0.500. The van der Waals surface area contributed by atoms with E-state index in [-0.39, 0.29) is 6.04 Å². The van der Waals surface area contributed by atoms with E-state index >= 15 is 0 Å². The fourth-order valence-corrected chi connectivity index (χ4v) is 1.20. The Morgan fingerprint density at radius 2 is 2.00 bits per heavy atom. The van der Waals surface area contributed by atoms with E-state index in [0.717, 1.165) is 12.8 Å². The fourth-order valence-electron chi connectivity index (χ4n) is 1.20. The van der Waals surface area contributed by atoms with Crippen LogP contribution in [-0.4, -0.2) is 28.9 Å². The topological polar surface area (TPSA) is 58.6 Å². The van der Waals surface area contributed by atoms with Crippen LogP contribution in [0.1, 0.15) is 47.5 Å². The Hall–Kier alpha value is -0.770. The van der Waals surface area contributed by atoms with Gasteiger partial charge < -0.3 is 15.2 Å². The average Bonchev–Trinajstić information content (AvgIpc) is 1.99. The van der Waals surface area contributed by atoms with E-state index in [0.29, 0.717) is 0 Å². The molecular formula is C11H23NO3. The van der Waals surface area contributed by atoms with Crippen LogP contribution in [0, 0.1) is 0 Å². The van der Waals surface area contributed by atoms with E-state index in [1.54, 1.807) is 6.92 Å². The van der Waals surface area contributed by atoms with Gasteiger partial charge in [0.05, 0.1) is 12.1 Å². The molecule has 0 aromatic carbocycles. The standard InChI is InChI=1S/C11H23NO3/c1-6-7-9(8(2)13)12-10(14)15-11(3,4)5/h8-9,13H,6-7H2,1-5H3,(H,12,14)/t8-,9?/m1/s1. The Morgan fingerprint density at radius 1 is 1.47 bits per heavy atom. The number of nitrogens with one attached hydrogen (secondary N) is 1. The molecule has 90 valence electrons. The third kappa shape index (κ3) is 7.19. The van der Waals surface area contributed by atoms with Gasteiger partial charge in [0.1, 0.15) is 5.60 Å². The molecule has 0 saturated carbocycles. The highest BCUT2D eigenvalue weighted by atomic mass is 16.6. The zero-order chi connectivity index (χ0) is 12.1. The summed E-state index contributed by atoms with van der Waals surface area (Å²) in [4.78, 5) is 11.4. The smallest absolute Gasteiger partial charge is 0.407 e. The van der Waals surface area contributed by atoms with Gasteiger partial charge in [-0.15, -0.1) is 0 Å². The van der Waals surface area contributed by atoms with Crippen molar-refractivity contribution in [1.82, 2.24) is 5.32 Å².